The molecule has 2 saturated carbocycles. The minimum Gasteiger partial charge on any atom is -1.00 e. The first-order valence-corrected chi connectivity index (χ1v) is 4.82. The minimum absolute atomic E-state index is 0. The van der Waals surface area contributed by atoms with Crippen molar-refractivity contribution in [2.75, 3.05) is 0 Å². The Balaban J connectivity index is -0.000000125. The van der Waals surface area contributed by atoms with Crippen LogP contribution in [0.15, 0.2) is 0 Å². The van der Waals surface area contributed by atoms with Crippen molar-refractivity contribution in [3.05, 3.63) is 6.42 Å². The molecular weight excluding hydrogens is 280 g/mol. The maximum atomic E-state index is 2.36. The number of hydrogen-bond acceptors (Lipinski definition) is 0. The summed E-state index contributed by atoms with van der Waals surface area (Å²) in [5, 5.41) is 0. The van der Waals surface area contributed by atoms with Crippen molar-refractivity contribution in [3.63, 3.8) is 0 Å². The monoisotopic (exact) mass is 298 g/mol. The van der Waals surface area contributed by atoms with Gasteiger partial charge in [-0.25, -0.2) is 0 Å². The van der Waals surface area contributed by atoms with Crippen molar-refractivity contribution in [3.8, 4) is 0 Å². The van der Waals surface area contributed by atoms with E-state index in [0.717, 1.165) is 0 Å². The van der Waals surface area contributed by atoms with E-state index in [1.165, 1.54) is 57.8 Å². The summed E-state index contributed by atoms with van der Waals surface area (Å²) in [4.78, 5) is 0. The summed E-state index contributed by atoms with van der Waals surface area (Å²) >= 11 is 0. The van der Waals surface area contributed by atoms with Crippen LogP contribution in [-0.4, -0.2) is 23.1 Å². The number of halogens is 1. The molecule has 0 nitrogen and oxygen atoms in total. The molecule has 0 aromatic heterocycles. The van der Waals surface area contributed by atoms with Crippen LogP contribution in [0.3, 0.4) is 0 Å². The molecule has 2 aliphatic rings. The Morgan fingerprint density at radius 2 is 0.923 bits per heavy atom. The van der Waals surface area contributed by atoms with Gasteiger partial charge < -0.3 is 23.4 Å². The van der Waals surface area contributed by atoms with Crippen LogP contribution in [0.25, 0.3) is 0 Å². The van der Waals surface area contributed by atoms with Gasteiger partial charge in [-0.05, 0) is 0 Å². The topological polar surface area (TPSA) is 0 Å². The fraction of sp³-hybridized carbons (Fsp3) is 0.900. The standard InChI is InChI=1S/C5H10.C5H9.BrH.Fe.Mg/c2*1-2-4-5-3-1;;;/h1-5H2;1H,2-5H2;1H;;/q;-1;;2*+2/p-1. The maximum absolute atomic E-state index is 2.36. The van der Waals surface area contributed by atoms with Gasteiger partial charge in [0.05, 0.1) is 0 Å². The third-order valence-corrected chi connectivity index (χ3v) is 2.32. The first kappa shape index (κ1) is 20.2. The summed E-state index contributed by atoms with van der Waals surface area (Å²) in [5.41, 5.74) is 0. The second kappa shape index (κ2) is 16.2. The van der Waals surface area contributed by atoms with Gasteiger partial charge in [0.1, 0.15) is 0 Å². The Kier molecular flexibility index (Phi) is 25.2. The van der Waals surface area contributed by atoms with E-state index in [9.17, 15) is 0 Å². The van der Waals surface area contributed by atoms with Crippen LogP contribution in [0.1, 0.15) is 57.8 Å². The molecule has 74 valence electrons. The van der Waals surface area contributed by atoms with E-state index in [4.69, 9.17) is 0 Å². The molecule has 0 unspecified atom stereocenters. The second-order valence-corrected chi connectivity index (χ2v) is 3.34. The third kappa shape index (κ3) is 13.8. The van der Waals surface area contributed by atoms with Crippen LogP contribution >= 0.6 is 0 Å². The van der Waals surface area contributed by atoms with E-state index < -0.39 is 0 Å². The van der Waals surface area contributed by atoms with Crippen molar-refractivity contribution in [2.24, 2.45) is 0 Å². The van der Waals surface area contributed by atoms with Gasteiger partial charge in [-0.15, -0.1) is 0 Å². The van der Waals surface area contributed by atoms with Crippen LogP contribution in [0.5, 0.6) is 0 Å². The average molecular weight is 299 g/mol. The van der Waals surface area contributed by atoms with E-state index in [-0.39, 0.29) is 57.1 Å². The molecule has 0 aromatic carbocycles. The fourth-order valence-corrected chi connectivity index (χ4v) is 1.61. The van der Waals surface area contributed by atoms with Gasteiger partial charge in [-0.2, -0.15) is 12.8 Å². The van der Waals surface area contributed by atoms with E-state index in [1.807, 2.05) is 0 Å². The van der Waals surface area contributed by atoms with E-state index in [1.54, 1.807) is 0 Å². The fourth-order valence-electron chi connectivity index (χ4n) is 1.61. The van der Waals surface area contributed by atoms with E-state index in [0.29, 0.717) is 0 Å². The summed E-state index contributed by atoms with van der Waals surface area (Å²) in [6.07, 6.45) is 15.5. The third-order valence-electron chi connectivity index (χ3n) is 2.32. The summed E-state index contributed by atoms with van der Waals surface area (Å²) in [6.45, 7) is 0. The zero-order valence-electron chi connectivity index (χ0n) is 8.38. The first-order chi connectivity index (χ1) is 5.00. The van der Waals surface area contributed by atoms with Gasteiger partial charge in [-0.3, -0.25) is 0 Å². The minimum atomic E-state index is 0. The van der Waals surface area contributed by atoms with Gasteiger partial charge in [0, 0.05) is 0 Å². The molecule has 0 saturated heterocycles. The van der Waals surface area contributed by atoms with Crippen LogP contribution < -0.4 is 17.0 Å². The number of hydrogen-bond donors (Lipinski definition) is 0. The van der Waals surface area contributed by atoms with Gasteiger partial charge in [-0.1, -0.05) is 44.9 Å². The molecular formula is C10H19BrFeMg+2. The summed E-state index contributed by atoms with van der Waals surface area (Å²) in [5.74, 6) is 0. The SMILES string of the molecule is C1CCCC1.[Br-].[CH-]1CCCC1.[Fe+2].[Mg+2]. The molecule has 0 N–H and O–H groups in total. The van der Waals surface area contributed by atoms with Gasteiger partial charge >= 0.3 is 40.1 Å². The number of rotatable bonds is 0. The Labute approximate surface area is 120 Å². The predicted molar refractivity (Wildman–Crippen MR) is 51.6 cm³/mol. The van der Waals surface area contributed by atoms with Crippen molar-refractivity contribution in [1.82, 2.24) is 0 Å². The Morgan fingerprint density at radius 1 is 0.615 bits per heavy atom. The molecule has 2 aliphatic carbocycles. The molecule has 2 rings (SSSR count). The molecule has 0 heterocycles. The van der Waals surface area contributed by atoms with Gasteiger partial charge in [0.2, 0.25) is 0 Å². The van der Waals surface area contributed by atoms with Crippen molar-refractivity contribution in [2.45, 2.75) is 57.8 Å². The average Bonchev–Trinajstić information content (AvgIpc) is 2.67. The molecule has 0 atom stereocenters. The summed E-state index contributed by atoms with van der Waals surface area (Å²) in [7, 11) is 0. The second-order valence-electron chi connectivity index (χ2n) is 3.34. The first-order valence-electron chi connectivity index (χ1n) is 4.82. The largest absolute Gasteiger partial charge is 2.00 e. The Bertz CT molecular complexity index is 48.1. The smallest absolute Gasteiger partial charge is 1.00 e. The Hall–Kier alpha value is 1.77. The molecule has 3 heteroatoms. The predicted octanol–water partition coefficient (Wildman–Crippen LogP) is 0.336. The molecule has 2 fully saturated rings. The zero-order chi connectivity index (χ0) is 7.07. The van der Waals surface area contributed by atoms with Crippen molar-refractivity contribution in [1.29, 1.82) is 0 Å². The quantitative estimate of drug-likeness (QED) is 0.447. The van der Waals surface area contributed by atoms with Crippen LogP contribution in [0.4, 0.5) is 0 Å². The van der Waals surface area contributed by atoms with E-state index in [2.05, 4.69) is 6.42 Å². The Morgan fingerprint density at radius 3 is 1.08 bits per heavy atom. The molecule has 13 heavy (non-hydrogen) atoms. The summed E-state index contributed by atoms with van der Waals surface area (Å²) < 4.78 is 0. The molecule has 0 aliphatic heterocycles. The molecule has 0 spiro atoms. The van der Waals surface area contributed by atoms with Crippen LogP contribution in [0, 0.1) is 6.42 Å². The van der Waals surface area contributed by atoms with Gasteiger partial charge in [0.25, 0.3) is 0 Å². The molecule has 0 amide bonds. The molecule has 0 bridgehead atoms. The van der Waals surface area contributed by atoms with Crippen LogP contribution in [-0.2, 0) is 17.1 Å². The molecule has 0 radical (unpaired) electrons. The van der Waals surface area contributed by atoms with Crippen molar-refractivity contribution < 1.29 is 34.1 Å². The van der Waals surface area contributed by atoms with E-state index >= 15 is 0 Å². The normalized spacial score (nSPS) is 18.5. The zero-order valence-corrected chi connectivity index (χ0v) is 12.5. The van der Waals surface area contributed by atoms with Crippen molar-refractivity contribution >= 4 is 23.1 Å². The summed E-state index contributed by atoms with van der Waals surface area (Å²) in [6, 6.07) is 0. The maximum Gasteiger partial charge on any atom is 2.00 e. The molecule has 0 aromatic rings. The van der Waals surface area contributed by atoms with Crippen LogP contribution in [0.2, 0.25) is 0 Å². The van der Waals surface area contributed by atoms with Gasteiger partial charge in [0.15, 0.2) is 0 Å².